The average Bonchev–Trinajstić information content (AvgIpc) is 2.23. The molecule has 0 atom stereocenters. The molecule has 2 rings (SSSR count). The van der Waals surface area contributed by atoms with Gasteiger partial charge < -0.3 is 17.8 Å². The van der Waals surface area contributed by atoms with Gasteiger partial charge in [0, 0.05) is 5.56 Å². The minimum absolute atomic E-state index is 0. The standard InChI is InChI=1S/C10H8BF3NO2.K/c12-11(13,14)6-15-9(16)5-7-3-1-2-4-8(7)10(15)17;/h1-4H,5-6H2;/q-1;+1. The fraction of sp³-hybridized carbons (Fsp3) is 0.200. The first-order chi connectivity index (χ1) is 7.88. The van der Waals surface area contributed by atoms with Gasteiger partial charge in [-0.25, -0.2) is 0 Å². The second-order valence-corrected chi connectivity index (χ2v) is 3.85. The molecule has 0 aromatic heterocycles. The van der Waals surface area contributed by atoms with E-state index in [-0.39, 0.29) is 68.3 Å². The molecule has 0 unspecified atom stereocenters. The number of fused-ring (bicyclic) bond motifs is 1. The molecule has 1 aliphatic rings. The molecule has 0 radical (unpaired) electrons. The molecule has 0 N–H and O–H groups in total. The van der Waals surface area contributed by atoms with Crippen LogP contribution < -0.4 is 51.4 Å². The first-order valence-corrected chi connectivity index (χ1v) is 5.02. The monoisotopic (exact) mass is 281 g/mol. The van der Waals surface area contributed by atoms with Crippen LogP contribution in [0.3, 0.4) is 0 Å². The molecule has 18 heavy (non-hydrogen) atoms. The van der Waals surface area contributed by atoms with Crippen molar-refractivity contribution in [3.05, 3.63) is 35.4 Å². The molecular weight excluding hydrogens is 273 g/mol. The van der Waals surface area contributed by atoms with Crippen LogP contribution in [0.25, 0.3) is 0 Å². The summed E-state index contributed by atoms with van der Waals surface area (Å²) in [6.45, 7) is -5.20. The van der Waals surface area contributed by atoms with Crippen LogP contribution in [-0.2, 0) is 11.2 Å². The van der Waals surface area contributed by atoms with Crippen LogP contribution >= 0.6 is 0 Å². The maximum Gasteiger partial charge on any atom is 1.00 e. The van der Waals surface area contributed by atoms with Crippen molar-refractivity contribution in [1.82, 2.24) is 4.90 Å². The SMILES string of the molecule is O=C1Cc2ccccc2C(=O)N1C[B-](F)(F)F.[K+]. The fourth-order valence-corrected chi connectivity index (χ4v) is 1.79. The molecule has 1 aromatic rings. The normalized spacial score (nSPS) is 15.2. The minimum Gasteiger partial charge on any atom is -0.448 e. The van der Waals surface area contributed by atoms with Gasteiger partial charge in [0.25, 0.3) is 5.91 Å². The zero-order chi connectivity index (χ0) is 12.6. The molecule has 1 aliphatic heterocycles. The van der Waals surface area contributed by atoms with E-state index in [1.807, 2.05) is 0 Å². The molecule has 8 heteroatoms. The number of rotatable bonds is 2. The molecule has 0 saturated heterocycles. The number of halogens is 3. The Bertz CT molecular complexity index is 492. The Morgan fingerprint density at radius 2 is 1.78 bits per heavy atom. The Hall–Kier alpha value is -0.149. The average molecular weight is 281 g/mol. The number of imide groups is 1. The summed E-state index contributed by atoms with van der Waals surface area (Å²) < 4.78 is 36.8. The summed E-state index contributed by atoms with van der Waals surface area (Å²) in [5.74, 6) is -1.66. The van der Waals surface area contributed by atoms with Gasteiger partial charge in [-0.3, -0.25) is 9.59 Å². The Morgan fingerprint density at radius 3 is 2.39 bits per heavy atom. The number of hydrogen-bond acceptors (Lipinski definition) is 2. The molecule has 1 aromatic carbocycles. The van der Waals surface area contributed by atoms with Gasteiger partial charge in [-0.15, -0.1) is 0 Å². The van der Waals surface area contributed by atoms with Gasteiger partial charge in [-0.2, -0.15) is 0 Å². The van der Waals surface area contributed by atoms with Crippen molar-refractivity contribution in [2.45, 2.75) is 6.42 Å². The number of hydrogen-bond donors (Lipinski definition) is 0. The largest absolute Gasteiger partial charge is 1.00 e. The molecule has 0 bridgehead atoms. The smallest absolute Gasteiger partial charge is 0.448 e. The summed E-state index contributed by atoms with van der Waals surface area (Å²) >= 11 is 0. The van der Waals surface area contributed by atoms with Crippen molar-refractivity contribution in [1.29, 1.82) is 0 Å². The predicted molar refractivity (Wildman–Crippen MR) is 55.3 cm³/mol. The van der Waals surface area contributed by atoms with Crippen LogP contribution in [0.1, 0.15) is 15.9 Å². The van der Waals surface area contributed by atoms with Crippen LogP contribution in [0.5, 0.6) is 0 Å². The Morgan fingerprint density at radius 1 is 1.17 bits per heavy atom. The van der Waals surface area contributed by atoms with E-state index in [2.05, 4.69) is 0 Å². The summed E-state index contributed by atoms with van der Waals surface area (Å²) in [6.07, 6.45) is -1.62. The number of amides is 2. The molecule has 2 amide bonds. The van der Waals surface area contributed by atoms with E-state index in [4.69, 9.17) is 0 Å². The first kappa shape index (κ1) is 15.9. The van der Waals surface area contributed by atoms with E-state index in [9.17, 15) is 22.5 Å². The molecule has 0 fully saturated rings. The third kappa shape index (κ3) is 3.45. The maximum atomic E-state index is 12.3. The minimum atomic E-state index is -5.20. The molecule has 3 nitrogen and oxygen atoms in total. The summed E-state index contributed by atoms with van der Waals surface area (Å²) in [6, 6.07) is 6.20. The van der Waals surface area contributed by atoms with Gasteiger partial charge in [0.2, 0.25) is 5.91 Å². The number of benzene rings is 1. The predicted octanol–water partition coefficient (Wildman–Crippen LogP) is -1.40. The first-order valence-electron chi connectivity index (χ1n) is 5.02. The molecule has 0 saturated carbocycles. The Balaban J connectivity index is 0.00000162. The molecule has 0 aliphatic carbocycles. The molecular formula is C10H8BF3KNO2. The van der Waals surface area contributed by atoms with Crippen molar-refractivity contribution in [3.63, 3.8) is 0 Å². The van der Waals surface area contributed by atoms with Crippen molar-refractivity contribution < 1.29 is 73.9 Å². The van der Waals surface area contributed by atoms with E-state index in [0.29, 0.717) is 5.56 Å². The molecule has 1 heterocycles. The maximum absolute atomic E-state index is 12.3. The van der Waals surface area contributed by atoms with Gasteiger partial charge >= 0.3 is 58.4 Å². The van der Waals surface area contributed by atoms with Gasteiger partial charge in [-0.05, 0) is 18.1 Å². The van der Waals surface area contributed by atoms with Crippen LogP contribution in [0.4, 0.5) is 12.9 Å². The van der Waals surface area contributed by atoms with E-state index < -0.39 is 25.2 Å². The van der Waals surface area contributed by atoms with Crippen LogP contribution in [0.2, 0.25) is 0 Å². The van der Waals surface area contributed by atoms with Gasteiger partial charge in [0.05, 0.1) is 6.42 Å². The van der Waals surface area contributed by atoms with E-state index in [0.717, 1.165) is 0 Å². The Kier molecular flexibility index (Phi) is 5.19. The van der Waals surface area contributed by atoms with Crippen molar-refractivity contribution in [2.24, 2.45) is 0 Å². The summed E-state index contributed by atoms with van der Waals surface area (Å²) in [5.41, 5.74) is 0.653. The van der Waals surface area contributed by atoms with Crippen molar-refractivity contribution in [3.8, 4) is 0 Å². The van der Waals surface area contributed by atoms with Gasteiger partial charge in [-0.1, -0.05) is 18.2 Å². The number of nitrogens with zero attached hydrogens (tertiary/aromatic N) is 1. The number of carbonyl (C=O) groups excluding carboxylic acids is 2. The van der Waals surface area contributed by atoms with E-state index >= 15 is 0 Å². The van der Waals surface area contributed by atoms with Gasteiger partial charge in [0.15, 0.2) is 0 Å². The third-order valence-electron chi connectivity index (χ3n) is 2.53. The third-order valence-corrected chi connectivity index (χ3v) is 2.53. The summed E-state index contributed by atoms with van der Waals surface area (Å²) in [7, 11) is 0. The molecule has 90 valence electrons. The Labute approximate surface area is 144 Å². The van der Waals surface area contributed by atoms with Gasteiger partial charge in [0.1, 0.15) is 0 Å². The zero-order valence-corrected chi connectivity index (χ0v) is 12.8. The van der Waals surface area contributed by atoms with E-state index in [1.54, 1.807) is 18.2 Å². The van der Waals surface area contributed by atoms with Crippen LogP contribution in [0.15, 0.2) is 24.3 Å². The van der Waals surface area contributed by atoms with Crippen molar-refractivity contribution in [2.75, 3.05) is 6.44 Å². The fourth-order valence-electron chi connectivity index (χ4n) is 1.79. The zero-order valence-electron chi connectivity index (χ0n) is 9.70. The summed E-state index contributed by atoms with van der Waals surface area (Å²) in [5, 5.41) is 0. The number of carbonyl (C=O) groups is 2. The second kappa shape index (κ2) is 5.87. The summed E-state index contributed by atoms with van der Waals surface area (Å²) in [4.78, 5) is 23.5. The van der Waals surface area contributed by atoms with Crippen LogP contribution in [-0.4, -0.2) is 30.1 Å². The van der Waals surface area contributed by atoms with Crippen LogP contribution in [0, 0.1) is 0 Å². The molecule has 0 spiro atoms. The second-order valence-electron chi connectivity index (χ2n) is 3.85. The topological polar surface area (TPSA) is 37.4 Å². The van der Waals surface area contributed by atoms with E-state index in [1.165, 1.54) is 6.07 Å². The quantitative estimate of drug-likeness (QED) is 0.494. The van der Waals surface area contributed by atoms with Crippen molar-refractivity contribution >= 4 is 18.8 Å².